The van der Waals surface area contributed by atoms with Crippen molar-refractivity contribution in [2.45, 2.75) is 0 Å². The van der Waals surface area contributed by atoms with Gasteiger partial charge in [0, 0.05) is 0 Å². The van der Waals surface area contributed by atoms with Crippen molar-refractivity contribution in [2.75, 3.05) is 0 Å². The minimum atomic E-state index is -5.39. The van der Waals surface area contributed by atoms with E-state index in [1.807, 2.05) is 0 Å². The van der Waals surface area contributed by atoms with Crippen LogP contribution in [0.15, 0.2) is 0 Å². The van der Waals surface area contributed by atoms with Gasteiger partial charge in [0.2, 0.25) is 0 Å². The standard InChI is InChI=1S/Co.Mg.H3O4P/c;;1-5(2,3)4/h;;(H3,1,2,3,4)/q2*+2;/p-3. The molecule has 39 valence electrons. The first-order valence-electron chi connectivity index (χ1n) is 0.730. The fourth-order valence-corrected chi connectivity index (χ4v) is 0. The van der Waals surface area contributed by atoms with Gasteiger partial charge < -0.3 is 19.2 Å². The van der Waals surface area contributed by atoms with E-state index in [9.17, 15) is 0 Å². The Labute approximate surface area is 66.9 Å². The Balaban J connectivity index is -0.0000000800. The molecule has 7 heteroatoms. The molecule has 0 aromatic rings. The molecule has 0 unspecified atom stereocenters. The number of phosphoric acid groups is 1. The second kappa shape index (κ2) is 5.52. The van der Waals surface area contributed by atoms with E-state index in [4.69, 9.17) is 19.2 Å². The van der Waals surface area contributed by atoms with Gasteiger partial charge in [0.05, 0.1) is 0 Å². The normalized spacial score (nSPS) is 8.43. The van der Waals surface area contributed by atoms with Crippen LogP contribution in [0.4, 0.5) is 0 Å². The van der Waals surface area contributed by atoms with E-state index in [2.05, 4.69) is 0 Å². The Bertz CT molecular complexity index is 57.8. The second-order valence-electron chi connectivity index (χ2n) is 0.447. The summed E-state index contributed by atoms with van der Waals surface area (Å²) in [5.74, 6) is 0. The van der Waals surface area contributed by atoms with Gasteiger partial charge in [-0.05, 0) is 0 Å². The zero-order valence-corrected chi connectivity index (χ0v) is 6.47. The zero-order chi connectivity index (χ0) is 4.50. The third-order valence-electron chi connectivity index (χ3n) is 0. The maximum Gasteiger partial charge on any atom is 2.00 e. The average molecular weight is 178 g/mol. The molecule has 0 rings (SSSR count). The SMILES string of the molecule is O=P([O-])([O-])[O-].[Co+2].[Mg+2]. The van der Waals surface area contributed by atoms with Gasteiger partial charge in [0.1, 0.15) is 0 Å². The summed E-state index contributed by atoms with van der Waals surface area (Å²) in [6.45, 7) is 0. The van der Waals surface area contributed by atoms with Gasteiger partial charge in [0.25, 0.3) is 0 Å². The van der Waals surface area contributed by atoms with Crippen LogP contribution in [0.2, 0.25) is 0 Å². The van der Waals surface area contributed by atoms with Crippen LogP contribution in [0.5, 0.6) is 0 Å². The minimum Gasteiger partial charge on any atom is -0.822 e. The molecule has 0 heterocycles. The van der Waals surface area contributed by atoms with Crippen LogP contribution in [0, 0.1) is 0 Å². The zero-order valence-electron chi connectivity index (χ0n) is 3.12. The molecular formula is CoMgO4P+. The molecule has 0 aliphatic carbocycles. The first-order valence-corrected chi connectivity index (χ1v) is 2.19. The van der Waals surface area contributed by atoms with Gasteiger partial charge in [-0.1, -0.05) is 0 Å². The van der Waals surface area contributed by atoms with E-state index in [0.717, 1.165) is 0 Å². The van der Waals surface area contributed by atoms with E-state index >= 15 is 0 Å². The van der Waals surface area contributed by atoms with Crippen molar-refractivity contribution < 1.29 is 36.0 Å². The molecule has 1 radical (unpaired) electrons. The molecular weight excluding hydrogens is 178 g/mol. The van der Waals surface area contributed by atoms with Gasteiger partial charge in [-0.2, -0.15) is 7.82 Å². The van der Waals surface area contributed by atoms with Gasteiger partial charge in [0.15, 0.2) is 0 Å². The predicted octanol–water partition coefficient (Wildman–Crippen LogP) is -3.21. The third-order valence-corrected chi connectivity index (χ3v) is 0. The predicted molar refractivity (Wildman–Crippen MR) is 13.4 cm³/mol. The Kier molecular flexibility index (Phi) is 12.4. The summed E-state index contributed by atoms with van der Waals surface area (Å²) in [4.78, 5) is 25.6. The number of hydrogen-bond acceptors (Lipinski definition) is 4. The molecule has 0 bridgehead atoms. The molecule has 0 saturated heterocycles. The van der Waals surface area contributed by atoms with E-state index in [-0.39, 0.29) is 39.8 Å². The summed E-state index contributed by atoms with van der Waals surface area (Å²) < 4.78 is 8.55. The quantitative estimate of drug-likeness (QED) is 0.288. The Hall–Kier alpha value is 1.38. The van der Waals surface area contributed by atoms with Crippen LogP contribution >= 0.6 is 7.82 Å². The van der Waals surface area contributed by atoms with Gasteiger partial charge in [-0.15, -0.1) is 0 Å². The molecule has 4 nitrogen and oxygen atoms in total. The molecule has 0 amide bonds. The van der Waals surface area contributed by atoms with Crippen molar-refractivity contribution in [3.63, 3.8) is 0 Å². The minimum absolute atomic E-state index is 0. The second-order valence-corrected chi connectivity index (χ2v) is 1.34. The summed E-state index contributed by atoms with van der Waals surface area (Å²) >= 11 is 0. The molecule has 0 spiro atoms. The molecule has 0 atom stereocenters. The van der Waals surface area contributed by atoms with Crippen molar-refractivity contribution >= 4 is 30.9 Å². The van der Waals surface area contributed by atoms with Crippen LogP contribution < -0.4 is 14.7 Å². The smallest absolute Gasteiger partial charge is 0.822 e. The molecule has 7 heavy (non-hydrogen) atoms. The summed E-state index contributed by atoms with van der Waals surface area (Å²) in [6, 6.07) is 0. The van der Waals surface area contributed by atoms with Crippen LogP contribution in [0.3, 0.4) is 0 Å². The summed E-state index contributed by atoms with van der Waals surface area (Å²) in [5.41, 5.74) is 0. The summed E-state index contributed by atoms with van der Waals surface area (Å²) in [6.07, 6.45) is 0. The number of hydrogen-bond donors (Lipinski definition) is 0. The largest absolute Gasteiger partial charge is 2.00 e. The fourth-order valence-electron chi connectivity index (χ4n) is 0. The topological polar surface area (TPSA) is 86.2 Å². The molecule has 0 aliphatic rings. The van der Waals surface area contributed by atoms with E-state index in [0.29, 0.717) is 0 Å². The fraction of sp³-hybridized carbons (Fsp3) is 0. The van der Waals surface area contributed by atoms with Crippen LogP contribution in [-0.4, -0.2) is 23.1 Å². The van der Waals surface area contributed by atoms with Crippen molar-refractivity contribution in [3.05, 3.63) is 0 Å². The third kappa shape index (κ3) is 112. The first kappa shape index (κ1) is 15.8. The molecule has 0 fully saturated rings. The van der Waals surface area contributed by atoms with Crippen molar-refractivity contribution in [1.29, 1.82) is 0 Å². The van der Waals surface area contributed by atoms with Crippen molar-refractivity contribution in [1.82, 2.24) is 0 Å². The Morgan fingerprint density at radius 3 is 1.14 bits per heavy atom. The van der Waals surface area contributed by atoms with Crippen molar-refractivity contribution in [2.24, 2.45) is 0 Å². The summed E-state index contributed by atoms with van der Waals surface area (Å²) in [5, 5.41) is 0. The van der Waals surface area contributed by atoms with Gasteiger partial charge in [-0.3, -0.25) is 0 Å². The van der Waals surface area contributed by atoms with Gasteiger partial charge in [-0.25, -0.2) is 0 Å². The molecule has 0 aromatic carbocycles. The maximum absolute atomic E-state index is 8.55. The molecule has 0 aromatic heterocycles. The van der Waals surface area contributed by atoms with Gasteiger partial charge >= 0.3 is 39.8 Å². The Morgan fingerprint density at radius 1 is 1.14 bits per heavy atom. The molecule has 0 N–H and O–H groups in total. The van der Waals surface area contributed by atoms with Crippen LogP contribution in [0.1, 0.15) is 0 Å². The average Bonchev–Trinajstić information content (AvgIpc) is 0.722. The number of rotatable bonds is 0. The Morgan fingerprint density at radius 2 is 1.14 bits per heavy atom. The monoisotopic (exact) mass is 178 g/mol. The van der Waals surface area contributed by atoms with E-state index in [1.165, 1.54) is 0 Å². The molecule has 0 saturated carbocycles. The van der Waals surface area contributed by atoms with Crippen molar-refractivity contribution in [3.8, 4) is 0 Å². The summed E-state index contributed by atoms with van der Waals surface area (Å²) in [7, 11) is -5.39. The van der Waals surface area contributed by atoms with Crippen LogP contribution in [0.25, 0.3) is 0 Å². The molecule has 0 aliphatic heterocycles. The van der Waals surface area contributed by atoms with E-state index in [1.54, 1.807) is 0 Å². The van der Waals surface area contributed by atoms with Crippen LogP contribution in [-0.2, 0) is 21.3 Å². The first-order chi connectivity index (χ1) is 2.00. The maximum atomic E-state index is 8.55. The van der Waals surface area contributed by atoms with E-state index < -0.39 is 7.82 Å².